The molecule has 0 saturated carbocycles. The molecule has 5 heteroatoms. The minimum Gasteiger partial charge on any atom is -0.491 e. The van der Waals surface area contributed by atoms with Gasteiger partial charge in [0.05, 0.1) is 13.2 Å². The Hall–Kier alpha value is -4.84. The van der Waals surface area contributed by atoms with Crippen LogP contribution in [-0.2, 0) is 37.2 Å². The molecule has 6 rings (SSSR count). The van der Waals surface area contributed by atoms with Gasteiger partial charge < -0.3 is 23.7 Å². The zero-order chi connectivity index (χ0) is 36.3. The van der Waals surface area contributed by atoms with E-state index in [-0.39, 0.29) is 6.10 Å². The monoisotopic (exact) mass is 696 g/mol. The van der Waals surface area contributed by atoms with Crippen molar-refractivity contribution in [3.05, 3.63) is 160 Å². The van der Waals surface area contributed by atoms with Crippen LogP contribution >= 0.6 is 0 Å². The van der Waals surface area contributed by atoms with Gasteiger partial charge in [-0.15, -0.1) is 0 Å². The third-order valence-corrected chi connectivity index (χ3v) is 9.88. The van der Waals surface area contributed by atoms with Crippen LogP contribution in [0, 0.1) is 0 Å². The van der Waals surface area contributed by atoms with Crippen molar-refractivity contribution in [2.75, 3.05) is 33.0 Å². The van der Waals surface area contributed by atoms with Gasteiger partial charge in [-0.2, -0.15) is 0 Å². The van der Waals surface area contributed by atoms with Crippen molar-refractivity contribution in [2.24, 2.45) is 0 Å². The molecule has 2 unspecified atom stereocenters. The topological polar surface area (TPSA) is 49.5 Å². The average molecular weight is 697 g/mol. The molecule has 1 fully saturated rings. The maximum atomic E-state index is 7.02. The summed E-state index contributed by atoms with van der Waals surface area (Å²) in [6.45, 7) is 15.5. The average Bonchev–Trinajstić information content (AvgIpc) is 4.02. The van der Waals surface area contributed by atoms with Crippen LogP contribution in [0.15, 0.2) is 121 Å². The summed E-state index contributed by atoms with van der Waals surface area (Å²) in [7, 11) is 0. The van der Waals surface area contributed by atoms with E-state index in [0.29, 0.717) is 19.8 Å². The van der Waals surface area contributed by atoms with Crippen LogP contribution in [0.5, 0.6) is 11.5 Å². The molecule has 0 amide bonds. The third kappa shape index (κ3) is 8.44. The molecule has 0 aromatic heterocycles. The van der Waals surface area contributed by atoms with Crippen molar-refractivity contribution < 1.29 is 23.7 Å². The minimum atomic E-state index is -0.437. The van der Waals surface area contributed by atoms with Gasteiger partial charge in [0.2, 0.25) is 0 Å². The summed E-state index contributed by atoms with van der Waals surface area (Å²) in [5.41, 5.74) is 8.88. The summed E-state index contributed by atoms with van der Waals surface area (Å²) < 4.78 is 30.8. The van der Waals surface area contributed by atoms with Gasteiger partial charge in [0, 0.05) is 23.1 Å². The smallest absolute Gasteiger partial charge is 0.132 e. The molecule has 2 heterocycles. The van der Waals surface area contributed by atoms with E-state index in [1.54, 1.807) is 0 Å². The molecule has 2 atom stereocenters. The van der Waals surface area contributed by atoms with E-state index in [4.69, 9.17) is 23.7 Å². The molecule has 3 aromatic rings. The number of fused-ring (bicyclic) bond motifs is 4. The van der Waals surface area contributed by atoms with E-state index < -0.39 is 5.41 Å². The highest BCUT2D eigenvalue weighted by Gasteiger charge is 2.41. The Morgan fingerprint density at radius 1 is 0.962 bits per heavy atom. The zero-order valence-corrected chi connectivity index (χ0v) is 31.2. The lowest BCUT2D eigenvalue weighted by atomic mass is 9.66. The van der Waals surface area contributed by atoms with Crippen molar-refractivity contribution >= 4 is 17.7 Å². The predicted molar refractivity (Wildman–Crippen MR) is 214 cm³/mol. The lowest BCUT2D eigenvalue weighted by Gasteiger charge is -2.35. The van der Waals surface area contributed by atoms with Gasteiger partial charge in [0.15, 0.2) is 0 Å². The highest BCUT2D eigenvalue weighted by molar-refractivity contribution is 5.76. The van der Waals surface area contributed by atoms with Gasteiger partial charge >= 0.3 is 0 Å². The zero-order valence-electron chi connectivity index (χ0n) is 31.2. The first kappa shape index (κ1) is 36.9. The molecule has 5 nitrogen and oxygen atoms in total. The standard InChI is InChI=1S/C47H52O5/c1-6-13-34(14-7-2)35-20-23-38(24-21-35)47(10-5)31-43-42-30-40(49-28-27-48-26-9-4)18-11-16-36(42)22-25-44(43)52-45-19-12-17-37(46(45)47)29-39(15-8-3)50-32-41-33-51-41/h6-8,11-15,17-25,29-30,41H,1,9-10,16,26-28,31-33H2,2-5H3/b14-7-,15-8-,34-13+,39-29+. The SMILES string of the molecule is C=C/C=C(\C=C/C)c1ccc(C2(CC)Cc3c(ccc4c3C=C(OCCOCCC)C=CC4)Oc3cccc(/C=C(\C=C/C)OCC4CO4)c32)cc1. The summed E-state index contributed by atoms with van der Waals surface area (Å²) in [6, 6.07) is 19.8. The van der Waals surface area contributed by atoms with E-state index in [9.17, 15) is 0 Å². The molecule has 270 valence electrons. The minimum absolute atomic E-state index is 0.158. The fourth-order valence-electron chi connectivity index (χ4n) is 7.25. The fourth-order valence-corrected chi connectivity index (χ4v) is 7.25. The normalized spacial score (nSPS) is 19.6. The number of allylic oxidation sites excluding steroid dienone is 9. The number of ether oxygens (including phenoxy) is 5. The van der Waals surface area contributed by atoms with E-state index in [2.05, 4.69) is 118 Å². The first-order valence-electron chi connectivity index (χ1n) is 18.7. The highest BCUT2D eigenvalue weighted by Crippen LogP contribution is 2.52. The Morgan fingerprint density at radius 2 is 1.79 bits per heavy atom. The van der Waals surface area contributed by atoms with Crippen molar-refractivity contribution in [3.8, 4) is 11.5 Å². The maximum absolute atomic E-state index is 7.02. The van der Waals surface area contributed by atoms with E-state index in [1.807, 2.05) is 32.1 Å². The van der Waals surface area contributed by atoms with Crippen LogP contribution in [0.25, 0.3) is 17.7 Å². The van der Waals surface area contributed by atoms with E-state index in [0.717, 1.165) is 89.7 Å². The Morgan fingerprint density at radius 3 is 2.52 bits per heavy atom. The second-order valence-electron chi connectivity index (χ2n) is 13.4. The van der Waals surface area contributed by atoms with Crippen LogP contribution in [-0.4, -0.2) is 39.1 Å². The Kier molecular flexibility index (Phi) is 12.5. The van der Waals surface area contributed by atoms with Crippen LogP contribution in [0.3, 0.4) is 0 Å². The Bertz CT molecular complexity index is 1900. The van der Waals surface area contributed by atoms with Crippen LogP contribution < -0.4 is 4.74 Å². The molecule has 1 saturated heterocycles. The third-order valence-electron chi connectivity index (χ3n) is 9.88. The van der Waals surface area contributed by atoms with Crippen LogP contribution in [0.4, 0.5) is 0 Å². The van der Waals surface area contributed by atoms with Crippen molar-refractivity contribution in [1.82, 2.24) is 0 Å². The van der Waals surface area contributed by atoms with E-state index in [1.165, 1.54) is 16.7 Å². The van der Waals surface area contributed by atoms with Gasteiger partial charge in [-0.3, -0.25) is 0 Å². The summed E-state index contributed by atoms with van der Waals surface area (Å²) in [5, 5.41) is 0. The van der Waals surface area contributed by atoms with Gasteiger partial charge in [0.25, 0.3) is 0 Å². The molecule has 0 spiro atoms. The molecule has 0 N–H and O–H groups in total. The summed E-state index contributed by atoms with van der Waals surface area (Å²) in [6.07, 6.45) is 24.3. The largest absolute Gasteiger partial charge is 0.491 e. The predicted octanol–water partition coefficient (Wildman–Crippen LogP) is 11.1. The number of rotatable bonds is 16. The van der Waals surface area contributed by atoms with Crippen molar-refractivity contribution in [1.29, 1.82) is 0 Å². The number of hydrogen-bond donors (Lipinski definition) is 0. The molecule has 3 aliphatic rings. The first-order valence-corrected chi connectivity index (χ1v) is 18.7. The molecule has 2 aliphatic heterocycles. The lowest BCUT2D eigenvalue weighted by molar-refractivity contribution is 0.0799. The quantitative estimate of drug-likeness (QED) is 0.0646. The maximum Gasteiger partial charge on any atom is 0.132 e. The molecule has 1 aliphatic carbocycles. The second-order valence-corrected chi connectivity index (χ2v) is 13.4. The molecule has 3 aromatic carbocycles. The van der Waals surface area contributed by atoms with Crippen molar-refractivity contribution in [2.45, 2.75) is 64.9 Å². The number of benzene rings is 3. The molecular weight excluding hydrogens is 645 g/mol. The van der Waals surface area contributed by atoms with Crippen molar-refractivity contribution in [3.63, 3.8) is 0 Å². The van der Waals surface area contributed by atoms with Gasteiger partial charge in [0.1, 0.15) is 42.3 Å². The fraction of sp³-hybridized carbons (Fsp3) is 0.319. The number of epoxide rings is 1. The molecule has 0 bridgehead atoms. The molecular formula is C47H52O5. The summed E-state index contributed by atoms with van der Waals surface area (Å²) >= 11 is 0. The molecule has 52 heavy (non-hydrogen) atoms. The molecule has 0 radical (unpaired) electrons. The second kappa shape index (κ2) is 17.6. The Labute approximate surface area is 310 Å². The number of hydrogen-bond acceptors (Lipinski definition) is 5. The lowest BCUT2D eigenvalue weighted by Crippen LogP contribution is -2.30. The summed E-state index contributed by atoms with van der Waals surface area (Å²) in [4.78, 5) is 0. The highest BCUT2D eigenvalue weighted by atomic mass is 16.6. The van der Waals surface area contributed by atoms with Crippen LogP contribution in [0.2, 0.25) is 0 Å². The van der Waals surface area contributed by atoms with Gasteiger partial charge in [-0.25, -0.2) is 0 Å². The summed E-state index contributed by atoms with van der Waals surface area (Å²) in [5.74, 6) is 3.36. The van der Waals surface area contributed by atoms with Gasteiger partial charge in [-0.05, 0) is 109 Å². The van der Waals surface area contributed by atoms with E-state index >= 15 is 0 Å². The van der Waals surface area contributed by atoms with Gasteiger partial charge in [-0.1, -0.05) is 99.3 Å². The first-order chi connectivity index (χ1) is 25.5. The van der Waals surface area contributed by atoms with Crippen LogP contribution in [0.1, 0.15) is 79.5 Å². The Balaban J connectivity index is 1.51.